The lowest BCUT2D eigenvalue weighted by molar-refractivity contribution is 0.0755. The number of piperidine rings is 1. The number of anilines is 1. The van der Waals surface area contributed by atoms with Crippen LogP contribution in [0.2, 0.25) is 0 Å². The molecule has 1 aromatic heterocycles. The zero-order valence-electron chi connectivity index (χ0n) is 13.5. The molecule has 0 N–H and O–H groups in total. The van der Waals surface area contributed by atoms with E-state index in [1.165, 1.54) is 25.7 Å². The standard InChI is InChI=1S/C17H26N4O/c1-14-7-12-21(13-8-14)17-18-9-6-15(19-17)16(22)20-10-4-2-3-5-11-20/h6,9,14H,2-5,7-8,10-13H2,1H3. The van der Waals surface area contributed by atoms with Gasteiger partial charge in [-0.3, -0.25) is 4.79 Å². The van der Waals surface area contributed by atoms with Crippen molar-refractivity contribution in [1.29, 1.82) is 0 Å². The first-order valence-corrected chi connectivity index (χ1v) is 8.61. The largest absolute Gasteiger partial charge is 0.341 e. The van der Waals surface area contributed by atoms with Crippen LogP contribution in [0.1, 0.15) is 55.9 Å². The highest BCUT2D eigenvalue weighted by atomic mass is 16.2. The second-order valence-electron chi connectivity index (χ2n) is 6.62. The van der Waals surface area contributed by atoms with E-state index in [1.54, 1.807) is 12.3 Å². The van der Waals surface area contributed by atoms with Gasteiger partial charge in [0.2, 0.25) is 5.95 Å². The van der Waals surface area contributed by atoms with Crippen LogP contribution in [0.4, 0.5) is 5.95 Å². The van der Waals surface area contributed by atoms with E-state index in [2.05, 4.69) is 21.8 Å². The van der Waals surface area contributed by atoms with E-state index in [0.29, 0.717) is 11.6 Å². The maximum Gasteiger partial charge on any atom is 0.272 e. The summed E-state index contributed by atoms with van der Waals surface area (Å²) in [6.07, 6.45) is 8.74. The smallest absolute Gasteiger partial charge is 0.272 e. The molecule has 3 heterocycles. The number of nitrogens with zero attached hydrogens (tertiary/aromatic N) is 4. The number of amides is 1. The van der Waals surface area contributed by atoms with E-state index >= 15 is 0 Å². The van der Waals surface area contributed by atoms with E-state index in [-0.39, 0.29) is 5.91 Å². The fraction of sp³-hybridized carbons (Fsp3) is 0.706. The molecule has 0 radical (unpaired) electrons. The Hall–Kier alpha value is -1.65. The minimum absolute atomic E-state index is 0.0657. The number of hydrogen-bond acceptors (Lipinski definition) is 4. The summed E-state index contributed by atoms with van der Waals surface area (Å²) in [5.41, 5.74) is 0.547. The molecule has 0 bridgehead atoms. The van der Waals surface area contributed by atoms with Crippen molar-refractivity contribution in [3.05, 3.63) is 18.0 Å². The summed E-state index contributed by atoms with van der Waals surface area (Å²) in [6.45, 7) is 5.99. The monoisotopic (exact) mass is 302 g/mol. The first-order chi connectivity index (χ1) is 10.7. The molecule has 2 saturated heterocycles. The van der Waals surface area contributed by atoms with Crippen molar-refractivity contribution in [3.8, 4) is 0 Å². The summed E-state index contributed by atoms with van der Waals surface area (Å²) in [6, 6.07) is 1.75. The molecule has 5 heteroatoms. The lowest BCUT2D eigenvalue weighted by atomic mass is 10.00. The first-order valence-electron chi connectivity index (χ1n) is 8.61. The number of carbonyl (C=O) groups is 1. The highest BCUT2D eigenvalue weighted by molar-refractivity contribution is 5.92. The highest BCUT2D eigenvalue weighted by Gasteiger charge is 2.22. The van der Waals surface area contributed by atoms with Crippen LogP contribution >= 0.6 is 0 Å². The van der Waals surface area contributed by atoms with Crippen molar-refractivity contribution in [2.45, 2.75) is 45.4 Å². The number of carbonyl (C=O) groups excluding carboxylic acids is 1. The number of rotatable bonds is 2. The fourth-order valence-corrected chi connectivity index (χ4v) is 3.26. The normalized spacial score (nSPS) is 20.8. The summed E-state index contributed by atoms with van der Waals surface area (Å²) in [5, 5.41) is 0. The van der Waals surface area contributed by atoms with Crippen LogP contribution in [0.3, 0.4) is 0 Å². The Morgan fingerprint density at radius 2 is 1.77 bits per heavy atom. The molecule has 0 saturated carbocycles. The number of hydrogen-bond donors (Lipinski definition) is 0. The van der Waals surface area contributed by atoms with Crippen molar-refractivity contribution in [2.75, 3.05) is 31.1 Å². The van der Waals surface area contributed by atoms with Crippen LogP contribution < -0.4 is 4.90 Å². The molecular weight excluding hydrogens is 276 g/mol. The second-order valence-corrected chi connectivity index (χ2v) is 6.62. The molecule has 0 aromatic carbocycles. The molecule has 0 spiro atoms. The third kappa shape index (κ3) is 3.57. The third-order valence-corrected chi connectivity index (χ3v) is 4.82. The zero-order chi connectivity index (χ0) is 15.4. The number of likely N-dealkylation sites (tertiary alicyclic amines) is 1. The molecule has 0 aliphatic carbocycles. The van der Waals surface area contributed by atoms with Gasteiger partial charge < -0.3 is 9.80 Å². The molecular formula is C17H26N4O. The molecule has 2 aliphatic heterocycles. The summed E-state index contributed by atoms with van der Waals surface area (Å²) >= 11 is 0. The first kappa shape index (κ1) is 15.3. The lowest BCUT2D eigenvalue weighted by Crippen LogP contribution is -2.35. The Labute approximate surface area is 132 Å². The van der Waals surface area contributed by atoms with Gasteiger partial charge in [-0.05, 0) is 37.7 Å². The molecule has 1 amide bonds. The topological polar surface area (TPSA) is 49.3 Å². The van der Waals surface area contributed by atoms with Crippen molar-refractivity contribution in [1.82, 2.24) is 14.9 Å². The molecule has 3 rings (SSSR count). The Balaban J connectivity index is 1.71. The van der Waals surface area contributed by atoms with Crippen LogP contribution in [0.15, 0.2) is 12.3 Å². The molecule has 2 aliphatic rings. The summed E-state index contributed by atoms with van der Waals surface area (Å²) in [5.74, 6) is 1.56. The van der Waals surface area contributed by atoms with Crippen LogP contribution in [-0.4, -0.2) is 47.0 Å². The highest BCUT2D eigenvalue weighted by Crippen LogP contribution is 2.20. The van der Waals surface area contributed by atoms with Gasteiger partial charge in [0.15, 0.2) is 0 Å². The Bertz CT molecular complexity index is 503. The zero-order valence-corrected chi connectivity index (χ0v) is 13.5. The van der Waals surface area contributed by atoms with E-state index in [0.717, 1.165) is 44.9 Å². The van der Waals surface area contributed by atoms with Gasteiger partial charge in [-0.25, -0.2) is 9.97 Å². The van der Waals surface area contributed by atoms with Crippen molar-refractivity contribution < 1.29 is 4.79 Å². The quantitative estimate of drug-likeness (QED) is 0.843. The van der Waals surface area contributed by atoms with Gasteiger partial charge in [0.25, 0.3) is 5.91 Å². The van der Waals surface area contributed by atoms with Gasteiger partial charge in [0.05, 0.1) is 0 Å². The summed E-state index contributed by atoms with van der Waals surface area (Å²) < 4.78 is 0. The summed E-state index contributed by atoms with van der Waals surface area (Å²) in [7, 11) is 0. The van der Waals surface area contributed by atoms with E-state index in [4.69, 9.17) is 0 Å². The third-order valence-electron chi connectivity index (χ3n) is 4.82. The molecule has 0 atom stereocenters. The van der Waals surface area contributed by atoms with Crippen molar-refractivity contribution in [2.24, 2.45) is 5.92 Å². The minimum Gasteiger partial charge on any atom is -0.341 e. The van der Waals surface area contributed by atoms with E-state index < -0.39 is 0 Å². The predicted octanol–water partition coefficient (Wildman–Crippen LogP) is 2.73. The van der Waals surface area contributed by atoms with Gasteiger partial charge in [0.1, 0.15) is 5.69 Å². The minimum atomic E-state index is 0.0657. The Morgan fingerprint density at radius 3 is 2.45 bits per heavy atom. The van der Waals surface area contributed by atoms with Gasteiger partial charge >= 0.3 is 0 Å². The SMILES string of the molecule is CC1CCN(c2nccc(C(=O)N3CCCCCC3)n2)CC1. The maximum absolute atomic E-state index is 12.7. The van der Waals surface area contributed by atoms with Gasteiger partial charge in [-0.15, -0.1) is 0 Å². The number of aromatic nitrogens is 2. The lowest BCUT2D eigenvalue weighted by Gasteiger charge is -2.30. The summed E-state index contributed by atoms with van der Waals surface area (Å²) in [4.78, 5) is 25.7. The Morgan fingerprint density at radius 1 is 1.09 bits per heavy atom. The van der Waals surface area contributed by atoms with Gasteiger partial charge in [0, 0.05) is 32.4 Å². The fourth-order valence-electron chi connectivity index (χ4n) is 3.26. The van der Waals surface area contributed by atoms with E-state index in [1.807, 2.05) is 4.90 Å². The van der Waals surface area contributed by atoms with Gasteiger partial charge in [-0.2, -0.15) is 0 Å². The second kappa shape index (κ2) is 7.07. The van der Waals surface area contributed by atoms with Crippen LogP contribution in [0, 0.1) is 5.92 Å². The molecule has 22 heavy (non-hydrogen) atoms. The van der Waals surface area contributed by atoms with Crippen molar-refractivity contribution in [3.63, 3.8) is 0 Å². The van der Waals surface area contributed by atoms with Crippen molar-refractivity contribution >= 4 is 11.9 Å². The molecule has 120 valence electrons. The molecule has 2 fully saturated rings. The average Bonchev–Trinajstić information content (AvgIpc) is 2.84. The maximum atomic E-state index is 12.7. The molecule has 1 aromatic rings. The average molecular weight is 302 g/mol. The van der Waals surface area contributed by atoms with E-state index in [9.17, 15) is 4.79 Å². The van der Waals surface area contributed by atoms with Crippen LogP contribution in [0.5, 0.6) is 0 Å². The van der Waals surface area contributed by atoms with Gasteiger partial charge in [-0.1, -0.05) is 19.8 Å². The van der Waals surface area contributed by atoms with Crippen LogP contribution in [-0.2, 0) is 0 Å². The molecule has 5 nitrogen and oxygen atoms in total. The van der Waals surface area contributed by atoms with Crippen LogP contribution in [0.25, 0.3) is 0 Å². The predicted molar refractivity (Wildman–Crippen MR) is 87.0 cm³/mol. The Kier molecular flexibility index (Phi) is 4.90. The molecule has 0 unspecified atom stereocenters.